The van der Waals surface area contributed by atoms with Crippen molar-refractivity contribution in [2.45, 2.75) is 37.0 Å². The van der Waals surface area contributed by atoms with Crippen LogP contribution in [0.25, 0.3) is 6.08 Å². The van der Waals surface area contributed by atoms with Gasteiger partial charge in [-0.25, -0.2) is 0 Å². The number of hydrogen-bond acceptors (Lipinski definition) is 6. The Balaban J connectivity index is 2.16. The Hall–Kier alpha value is -2.51. The molecular weight excluding hydrogens is 338 g/mol. The van der Waals surface area contributed by atoms with Crippen LogP contribution in [0.3, 0.4) is 0 Å². The van der Waals surface area contributed by atoms with Crippen molar-refractivity contribution in [3.8, 4) is 0 Å². The van der Waals surface area contributed by atoms with E-state index in [0.717, 1.165) is 5.56 Å². The minimum absolute atomic E-state index is 0.0315. The third-order valence-corrected chi connectivity index (χ3v) is 4.49. The molecule has 1 aliphatic rings. The number of esters is 1. The number of nitrogens with one attached hydrogen (secondary N) is 1. The van der Waals surface area contributed by atoms with Gasteiger partial charge in [0.05, 0.1) is 25.7 Å². The van der Waals surface area contributed by atoms with E-state index in [1.165, 1.54) is 20.3 Å². The van der Waals surface area contributed by atoms with Crippen LogP contribution in [0.5, 0.6) is 0 Å². The van der Waals surface area contributed by atoms with Crippen molar-refractivity contribution in [1.29, 1.82) is 0 Å². The second-order valence-corrected chi connectivity index (χ2v) is 6.22. The molecule has 7 heteroatoms. The van der Waals surface area contributed by atoms with Crippen molar-refractivity contribution in [2.75, 3.05) is 14.2 Å². The maximum Gasteiger partial charge on any atom is 0.308 e. The molecular formula is C19H23NO6. The quantitative estimate of drug-likeness (QED) is 0.575. The lowest BCUT2D eigenvalue weighted by molar-refractivity contribution is -0.171. The van der Waals surface area contributed by atoms with Crippen molar-refractivity contribution < 1.29 is 29.0 Å². The van der Waals surface area contributed by atoms with Crippen molar-refractivity contribution in [3.05, 3.63) is 42.0 Å². The Labute approximate surface area is 152 Å². The maximum atomic E-state index is 12.3. The van der Waals surface area contributed by atoms with Crippen LogP contribution in [0.2, 0.25) is 0 Å². The van der Waals surface area contributed by atoms with E-state index in [0.29, 0.717) is 0 Å². The van der Waals surface area contributed by atoms with Gasteiger partial charge in [0.2, 0.25) is 5.91 Å². The Kier molecular flexibility index (Phi) is 6.65. The molecule has 0 saturated heterocycles. The number of amides is 1. The normalized spacial score (nSPS) is 25.9. The molecule has 0 aromatic heterocycles. The molecule has 0 unspecified atom stereocenters. The number of rotatable bonds is 6. The number of carbonyl (C=O) groups excluding carboxylic acids is 3. The van der Waals surface area contributed by atoms with Gasteiger partial charge in [-0.2, -0.15) is 0 Å². The molecule has 0 aliphatic heterocycles. The van der Waals surface area contributed by atoms with Crippen LogP contribution in [0.4, 0.5) is 0 Å². The lowest BCUT2D eigenvalue weighted by Crippen LogP contribution is -2.64. The fraction of sp³-hybridized carbons (Fsp3) is 0.421. The Morgan fingerprint density at radius 1 is 1.27 bits per heavy atom. The van der Waals surface area contributed by atoms with Gasteiger partial charge in [0.25, 0.3) is 0 Å². The number of Topliss-reactive ketones (excluding diaryl/α,β-unsaturated/α-hetero) is 1. The van der Waals surface area contributed by atoms with Gasteiger partial charge < -0.3 is 19.9 Å². The van der Waals surface area contributed by atoms with Crippen molar-refractivity contribution >= 4 is 23.7 Å². The summed E-state index contributed by atoms with van der Waals surface area (Å²) in [5.74, 6) is -1.29. The van der Waals surface area contributed by atoms with Gasteiger partial charge in [-0.3, -0.25) is 14.4 Å². The molecule has 3 atom stereocenters. The summed E-state index contributed by atoms with van der Waals surface area (Å²) in [4.78, 5) is 35.9. The number of benzene rings is 1. The van der Waals surface area contributed by atoms with Crippen LogP contribution in [0.15, 0.2) is 36.4 Å². The largest absolute Gasteiger partial charge is 0.469 e. The number of ether oxygens (including phenoxy) is 2. The molecule has 0 bridgehead atoms. The minimum Gasteiger partial charge on any atom is -0.469 e. The number of ketones is 1. The second kappa shape index (κ2) is 8.73. The van der Waals surface area contributed by atoms with E-state index in [-0.39, 0.29) is 25.0 Å². The first-order chi connectivity index (χ1) is 12.4. The molecule has 0 spiro atoms. The van der Waals surface area contributed by atoms with E-state index in [2.05, 4.69) is 10.1 Å². The zero-order valence-electron chi connectivity index (χ0n) is 14.8. The summed E-state index contributed by atoms with van der Waals surface area (Å²) < 4.78 is 9.85. The van der Waals surface area contributed by atoms with Gasteiger partial charge in [-0.15, -0.1) is 0 Å². The summed E-state index contributed by atoms with van der Waals surface area (Å²) in [6.45, 7) is 0. The van der Waals surface area contributed by atoms with Gasteiger partial charge in [0.15, 0.2) is 0 Å². The van der Waals surface area contributed by atoms with Gasteiger partial charge in [0.1, 0.15) is 11.4 Å². The summed E-state index contributed by atoms with van der Waals surface area (Å²) in [6.07, 6.45) is 1.52. The molecule has 0 radical (unpaired) electrons. The Bertz CT molecular complexity index is 687. The number of carbonyl (C=O) groups is 3. The molecule has 2 N–H and O–H groups in total. The van der Waals surface area contributed by atoms with Crippen LogP contribution in [0, 0.1) is 0 Å². The minimum atomic E-state index is -1.73. The topological polar surface area (TPSA) is 102 Å². The first-order valence-electron chi connectivity index (χ1n) is 8.26. The van der Waals surface area contributed by atoms with Crippen LogP contribution in [-0.2, 0) is 23.9 Å². The molecule has 2 rings (SSSR count). The zero-order valence-corrected chi connectivity index (χ0v) is 14.8. The summed E-state index contributed by atoms with van der Waals surface area (Å²) in [7, 11) is 2.55. The standard InChI is InChI=1S/C19H23NO6/c1-25-16-11-14(21)10-15(19(16,24)12-18(23)26-2)20-17(22)9-8-13-6-4-3-5-7-13/h3-9,15-16,24H,10-12H2,1-2H3,(H,20,22)/b9-8+/t15-,16-,19+/m0/s1. The predicted molar refractivity (Wildman–Crippen MR) is 94.0 cm³/mol. The molecule has 1 aromatic carbocycles. The average molecular weight is 361 g/mol. The van der Waals surface area contributed by atoms with Crippen molar-refractivity contribution in [2.24, 2.45) is 0 Å². The molecule has 140 valence electrons. The van der Waals surface area contributed by atoms with Gasteiger partial charge in [-0.05, 0) is 11.6 Å². The first kappa shape index (κ1) is 19.8. The number of methoxy groups -OCH3 is 2. The Morgan fingerprint density at radius 2 is 1.96 bits per heavy atom. The van der Waals surface area contributed by atoms with E-state index in [1.807, 2.05) is 30.3 Å². The third kappa shape index (κ3) is 4.77. The summed E-state index contributed by atoms with van der Waals surface area (Å²) >= 11 is 0. The van der Waals surface area contributed by atoms with Crippen LogP contribution in [0.1, 0.15) is 24.8 Å². The highest BCUT2D eigenvalue weighted by Crippen LogP contribution is 2.32. The smallest absolute Gasteiger partial charge is 0.308 e. The summed E-state index contributed by atoms with van der Waals surface area (Å²) in [5.41, 5.74) is -0.895. The highest BCUT2D eigenvalue weighted by molar-refractivity contribution is 5.93. The van der Waals surface area contributed by atoms with Crippen molar-refractivity contribution in [1.82, 2.24) is 5.32 Å². The van der Waals surface area contributed by atoms with Crippen LogP contribution in [-0.4, -0.2) is 54.7 Å². The van der Waals surface area contributed by atoms with E-state index in [1.54, 1.807) is 6.08 Å². The molecule has 0 heterocycles. The molecule has 1 fully saturated rings. The summed E-state index contributed by atoms with van der Waals surface area (Å²) in [5, 5.41) is 13.6. The van der Waals surface area contributed by atoms with Gasteiger partial charge in [-0.1, -0.05) is 30.3 Å². The van der Waals surface area contributed by atoms with Crippen molar-refractivity contribution in [3.63, 3.8) is 0 Å². The third-order valence-electron chi connectivity index (χ3n) is 4.49. The van der Waals surface area contributed by atoms with E-state index in [9.17, 15) is 19.5 Å². The highest BCUT2D eigenvalue weighted by atomic mass is 16.5. The fourth-order valence-corrected chi connectivity index (χ4v) is 3.06. The van der Waals surface area contributed by atoms with Gasteiger partial charge >= 0.3 is 5.97 Å². The lowest BCUT2D eigenvalue weighted by Gasteiger charge is -2.43. The second-order valence-electron chi connectivity index (χ2n) is 6.22. The predicted octanol–water partition coefficient (Wildman–Crippen LogP) is 0.857. The monoisotopic (exact) mass is 361 g/mol. The van der Waals surface area contributed by atoms with E-state index >= 15 is 0 Å². The molecule has 7 nitrogen and oxygen atoms in total. The Morgan fingerprint density at radius 3 is 2.58 bits per heavy atom. The molecule has 26 heavy (non-hydrogen) atoms. The summed E-state index contributed by atoms with van der Waals surface area (Å²) in [6, 6.07) is 8.26. The lowest BCUT2D eigenvalue weighted by atomic mass is 9.75. The molecule has 1 saturated carbocycles. The number of aliphatic hydroxyl groups is 1. The number of hydrogen-bond donors (Lipinski definition) is 2. The van der Waals surface area contributed by atoms with E-state index in [4.69, 9.17) is 4.74 Å². The fourth-order valence-electron chi connectivity index (χ4n) is 3.06. The first-order valence-corrected chi connectivity index (χ1v) is 8.26. The van der Waals surface area contributed by atoms with Crippen LogP contribution >= 0.6 is 0 Å². The maximum absolute atomic E-state index is 12.3. The zero-order chi connectivity index (χ0) is 19.2. The highest BCUT2D eigenvalue weighted by Gasteiger charge is 2.51. The van der Waals surface area contributed by atoms with Crippen LogP contribution < -0.4 is 5.32 Å². The molecule has 1 aliphatic carbocycles. The average Bonchev–Trinajstić information content (AvgIpc) is 2.63. The molecule has 1 aromatic rings. The van der Waals surface area contributed by atoms with Gasteiger partial charge in [0, 0.05) is 26.0 Å². The van der Waals surface area contributed by atoms with E-state index < -0.39 is 29.6 Å². The SMILES string of the molecule is COC(=O)C[C@@]1(O)[C@@H](NC(=O)/C=C/c2ccccc2)CC(=O)C[C@@H]1OC. The molecule has 1 amide bonds.